The van der Waals surface area contributed by atoms with E-state index in [0.29, 0.717) is 0 Å². The molecule has 0 aliphatic rings. The highest BCUT2D eigenvalue weighted by Crippen LogP contribution is 2.10. The van der Waals surface area contributed by atoms with Crippen molar-refractivity contribution < 1.29 is 4.57 Å². The minimum atomic E-state index is 1.18. The van der Waals surface area contributed by atoms with Crippen LogP contribution in [0.3, 0.4) is 0 Å². The van der Waals surface area contributed by atoms with Crippen LogP contribution in [-0.2, 0) is 6.54 Å². The summed E-state index contributed by atoms with van der Waals surface area (Å²) in [6.07, 6.45) is 18.7. The third-order valence-corrected chi connectivity index (χ3v) is 3.96. The number of hydrogen-bond acceptors (Lipinski definition) is 0. The highest BCUT2D eigenvalue weighted by molar-refractivity contribution is 5.11. The van der Waals surface area contributed by atoms with Gasteiger partial charge in [0.25, 0.3) is 0 Å². The van der Waals surface area contributed by atoms with E-state index >= 15 is 0 Å². The molecule has 1 nitrogen and oxygen atoms in total. The maximum absolute atomic E-state index is 2.36. The predicted molar refractivity (Wildman–Crippen MR) is 88.0 cm³/mol. The number of aromatic nitrogens is 1. The molecule has 0 saturated heterocycles. The van der Waals surface area contributed by atoms with Gasteiger partial charge in [0.05, 0.1) is 0 Å². The summed E-state index contributed by atoms with van der Waals surface area (Å²) in [7, 11) is 0. The van der Waals surface area contributed by atoms with E-state index in [1.54, 1.807) is 0 Å². The number of hydrogen-bond donors (Lipinski definition) is 0. The van der Waals surface area contributed by atoms with E-state index in [1.807, 2.05) is 0 Å². The van der Waals surface area contributed by atoms with E-state index < -0.39 is 0 Å². The molecule has 1 rings (SSSR count). The Kier molecular flexibility index (Phi) is 9.36. The van der Waals surface area contributed by atoms with Crippen molar-refractivity contribution in [3.8, 4) is 0 Å². The zero-order valence-electron chi connectivity index (χ0n) is 14.0. The quantitative estimate of drug-likeness (QED) is 0.370. The lowest BCUT2D eigenvalue weighted by atomic mass is 10.1. The predicted octanol–water partition coefficient (Wildman–Crippen LogP) is 5.51. The van der Waals surface area contributed by atoms with Crippen molar-refractivity contribution in [2.45, 2.75) is 91.5 Å². The third kappa shape index (κ3) is 8.35. The SMILES string of the molecule is CCCCCCCCCCCC[n+]1cc(C)cc(C)c1. The number of pyridine rings is 1. The molecule has 0 N–H and O–H groups in total. The lowest BCUT2D eigenvalue weighted by molar-refractivity contribution is -0.698. The van der Waals surface area contributed by atoms with Crippen LogP contribution in [0.15, 0.2) is 18.5 Å². The number of aryl methyl sites for hydroxylation is 3. The van der Waals surface area contributed by atoms with E-state index in [1.165, 1.54) is 81.9 Å². The Balaban J connectivity index is 1.97. The molecule has 1 heterocycles. The second kappa shape index (κ2) is 10.9. The summed E-state index contributed by atoms with van der Waals surface area (Å²) >= 11 is 0. The summed E-state index contributed by atoms with van der Waals surface area (Å²) in [6, 6.07) is 2.25. The lowest BCUT2D eigenvalue weighted by Gasteiger charge is -2.02. The van der Waals surface area contributed by atoms with Crippen LogP contribution in [0, 0.1) is 13.8 Å². The van der Waals surface area contributed by atoms with Crippen molar-refractivity contribution in [2.24, 2.45) is 0 Å². The fourth-order valence-corrected chi connectivity index (χ4v) is 2.90. The topological polar surface area (TPSA) is 3.88 Å². The summed E-state index contributed by atoms with van der Waals surface area (Å²) < 4.78 is 2.36. The molecule has 0 unspecified atom stereocenters. The highest BCUT2D eigenvalue weighted by Gasteiger charge is 2.02. The Morgan fingerprint density at radius 2 is 1.15 bits per heavy atom. The largest absolute Gasteiger partial charge is 0.205 e. The van der Waals surface area contributed by atoms with Gasteiger partial charge in [0.2, 0.25) is 0 Å². The van der Waals surface area contributed by atoms with Crippen LogP contribution < -0.4 is 4.57 Å². The summed E-state index contributed by atoms with van der Waals surface area (Å²) in [5.74, 6) is 0. The fourth-order valence-electron chi connectivity index (χ4n) is 2.90. The van der Waals surface area contributed by atoms with Gasteiger partial charge in [-0.3, -0.25) is 0 Å². The first-order valence-electron chi connectivity index (χ1n) is 8.69. The molecule has 114 valence electrons. The minimum Gasteiger partial charge on any atom is -0.205 e. The Hall–Kier alpha value is -0.850. The first-order chi connectivity index (χ1) is 9.72. The maximum Gasteiger partial charge on any atom is 0.171 e. The van der Waals surface area contributed by atoms with E-state index in [9.17, 15) is 0 Å². The molecule has 1 aromatic heterocycles. The zero-order valence-corrected chi connectivity index (χ0v) is 14.0. The Bertz CT molecular complexity index is 337. The maximum atomic E-state index is 2.36. The van der Waals surface area contributed by atoms with Gasteiger partial charge in [-0.2, -0.15) is 0 Å². The Labute approximate surface area is 126 Å². The molecule has 1 aromatic rings. The normalized spacial score (nSPS) is 10.9. The second-order valence-corrected chi connectivity index (χ2v) is 6.31. The number of rotatable bonds is 11. The van der Waals surface area contributed by atoms with Crippen molar-refractivity contribution in [1.29, 1.82) is 0 Å². The molecule has 0 aliphatic heterocycles. The fraction of sp³-hybridized carbons (Fsp3) is 0.737. The van der Waals surface area contributed by atoms with Crippen molar-refractivity contribution in [2.75, 3.05) is 0 Å². The molecule has 0 atom stereocenters. The summed E-state index contributed by atoms with van der Waals surface area (Å²) in [5.41, 5.74) is 2.74. The van der Waals surface area contributed by atoms with Gasteiger partial charge in [-0.15, -0.1) is 0 Å². The van der Waals surface area contributed by atoms with Crippen LogP contribution in [0.25, 0.3) is 0 Å². The molecular weight excluding hydrogens is 242 g/mol. The molecule has 1 heteroatoms. The molecule has 20 heavy (non-hydrogen) atoms. The van der Waals surface area contributed by atoms with Gasteiger partial charge in [0.1, 0.15) is 6.54 Å². The van der Waals surface area contributed by atoms with Crippen molar-refractivity contribution in [3.05, 3.63) is 29.6 Å². The van der Waals surface area contributed by atoms with Crippen LogP contribution in [0.2, 0.25) is 0 Å². The average molecular weight is 276 g/mol. The van der Waals surface area contributed by atoms with E-state index in [4.69, 9.17) is 0 Å². The summed E-state index contributed by atoms with van der Waals surface area (Å²) in [4.78, 5) is 0. The first kappa shape index (κ1) is 17.2. The molecule has 0 bridgehead atoms. The van der Waals surface area contributed by atoms with Crippen molar-refractivity contribution >= 4 is 0 Å². The molecule has 0 aromatic carbocycles. The molecule has 0 saturated carbocycles. The summed E-state index contributed by atoms with van der Waals surface area (Å²) in [6.45, 7) is 7.83. The van der Waals surface area contributed by atoms with Gasteiger partial charge >= 0.3 is 0 Å². The van der Waals surface area contributed by atoms with Crippen molar-refractivity contribution in [1.82, 2.24) is 0 Å². The number of nitrogens with zero attached hydrogens (tertiary/aromatic N) is 1. The van der Waals surface area contributed by atoms with E-state index in [2.05, 4.69) is 43.8 Å². The van der Waals surface area contributed by atoms with Crippen LogP contribution in [0.4, 0.5) is 0 Å². The number of unbranched alkanes of at least 4 members (excludes halogenated alkanes) is 9. The molecule has 0 fully saturated rings. The van der Waals surface area contributed by atoms with Gasteiger partial charge in [0, 0.05) is 17.5 Å². The Morgan fingerprint density at radius 1 is 0.700 bits per heavy atom. The molecule has 0 aliphatic carbocycles. The molecule has 0 amide bonds. The zero-order chi connectivity index (χ0) is 14.6. The Morgan fingerprint density at radius 3 is 1.65 bits per heavy atom. The molecule has 0 radical (unpaired) electrons. The first-order valence-corrected chi connectivity index (χ1v) is 8.69. The average Bonchev–Trinajstić information content (AvgIpc) is 2.40. The van der Waals surface area contributed by atoms with E-state index in [-0.39, 0.29) is 0 Å². The van der Waals surface area contributed by atoms with Gasteiger partial charge in [-0.1, -0.05) is 58.3 Å². The van der Waals surface area contributed by atoms with Crippen LogP contribution in [0.1, 0.15) is 82.3 Å². The summed E-state index contributed by atoms with van der Waals surface area (Å²) in [5, 5.41) is 0. The van der Waals surface area contributed by atoms with Gasteiger partial charge in [0.15, 0.2) is 12.4 Å². The minimum absolute atomic E-state index is 1.18. The van der Waals surface area contributed by atoms with Gasteiger partial charge < -0.3 is 0 Å². The van der Waals surface area contributed by atoms with Crippen LogP contribution >= 0.6 is 0 Å². The second-order valence-electron chi connectivity index (χ2n) is 6.31. The van der Waals surface area contributed by atoms with Crippen LogP contribution in [0.5, 0.6) is 0 Å². The van der Waals surface area contributed by atoms with Crippen LogP contribution in [-0.4, -0.2) is 0 Å². The third-order valence-electron chi connectivity index (χ3n) is 3.96. The smallest absolute Gasteiger partial charge is 0.171 e. The van der Waals surface area contributed by atoms with Gasteiger partial charge in [-0.25, -0.2) is 4.57 Å². The monoisotopic (exact) mass is 276 g/mol. The lowest BCUT2D eigenvalue weighted by Crippen LogP contribution is -2.33. The highest BCUT2D eigenvalue weighted by atomic mass is 14.9. The van der Waals surface area contributed by atoms with E-state index in [0.717, 1.165) is 0 Å². The standard InChI is InChI=1S/C19H34N/c1-4-5-6-7-8-9-10-11-12-13-14-20-16-18(2)15-19(3)17-20/h15-17H,4-14H2,1-3H3/q+1. The van der Waals surface area contributed by atoms with Crippen molar-refractivity contribution in [3.63, 3.8) is 0 Å². The van der Waals surface area contributed by atoms with Gasteiger partial charge in [-0.05, 0) is 26.3 Å². The molecule has 0 spiro atoms. The molecular formula is C19H34N+.